The Bertz CT molecular complexity index is 437. The van der Waals surface area contributed by atoms with Crippen LogP contribution in [-0.2, 0) is 11.4 Å². The molecule has 2 rings (SSSR count). The second-order valence-electron chi connectivity index (χ2n) is 4.24. The number of hydrogen-bond donors (Lipinski definition) is 2. The standard InChI is InChI=1S/C12H15ClN2O2/c13-10-1-2-11(9(4-10)7-16)15-6-8(5-14)3-12(15)17/h1-2,4,8,16H,3,5-7,14H2. The van der Waals surface area contributed by atoms with Crippen LogP contribution in [0.4, 0.5) is 5.69 Å². The van der Waals surface area contributed by atoms with E-state index in [1.54, 1.807) is 23.1 Å². The summed E-state index contributed by atoms with van der Waals surface area (Å²) in [6, 6.07) is 5.17. The molecule has 1 amide bonds. The van der Waals surface area contributed by atoms with Crippen molar-refractivity contribution in [1.82, 2.24) is 0 Å². The van der Waals surface area contributed by atoms with Gasteiger partial charge in [0, 0.05) is 29.2 Å². The van der Waals surface area contributed by atoms with Gasteiger partial charge < -0.3 is 15.7 Å². The molecule has 4 nitrogen and oxygen atoms in total. The third kappa shape index (κ3) is 2.44. The Balaban J connectivity index is 2.31. The van der Waals surface area contributed by atoms with Crippen molar-refractivity contribution in [2.24, 2.45) is 11.7 Å². The van der Waals surface area contributed by atoms with Gasteiger partial charge in [-0.05, 0) is 30.7 Å². The van der Waals surface area contributed by atoms with Gasteiger partial charge in [0.15, 0.2) is 0 Å². The second-order valence-corrected chi connectivity index (χ2v) is 4.68. The number of nitrogens with two attached hydrogens (primary N) is 1. The lowest BCUT2D eigenvalue weighted by Crippen LogP contribution is -2.26. The molecule has 3 N–H and O–H groups in total. The molecule has 1 aliphatic heterocycles. The van der Waals surface area contributed by atoms with Gasteiger partial charge in [-0.3, -0.25) is 4.79 Å². The van der Waals surface area contributed by atoms with Crippen molar-refractivity contribution >= 4 is 23.2 Å². The highest BCUT2D eigenvalue weighted by molar-refractivity contribution is 6.30. The topological polar surface area (TPSA) is 66.6 Å². The monoisotopic (exact) mass is 254 g/mol. The number of aliphatic hydroxyl groups is 1. The highest BCUT2D eigenvalue weighted by atomic mass is 35.5. The van der Waals surface area contributed by atoms with Crippen molar-refractivity contribution in [3.05, 3.63) is 28.8 Å². The molecular formula is C12H15ClN2O2. The molecule has 1 saturated heterocycles. The summed E-state index contributed by atoms with van der Waals surface area (Å²) in [7, 11) is 0. The van der Waals surface area contributed by atoms with Crippen LogP contribution < -0.4 is 10.6 Å². The molecule has 17 heavy (non-hydrogen) atoms. The van der Waals surface area contributed by atoms with Gasteiger partial charge in [-0.2, -0.15) is 0 Å². The Morgan fingerprint density at radius 1 is 1.53 bits per heavy atom. The highest BCUT2D eigenvalue weighted by Crippen LogP contribution is 2.29. The number of aliphatic hydroxyl groups excluding tert-OH is 1. The van der Waals surface area contributed by atoms with E-state index in [9.17, 15) is 9.90 Å². The molecule has 1 atom stereocenters. The lowest BCUT2D eigenvalue weighted by molar-refractivity contribution is -0.117. The van der Waals surface area contributed by atoms with Gasteiger partial charge in [-0.1, -0.05) is 11.6 Å². The van der Waals surface area contributed by atoms with E-state index in [0.29, 0.717) is 30.1 Å². The van der Waals surface area contributed by atoms with Crippen LogP contribution in [0.15, 0.2) is 18.2 Å². The Labute approximate surface area is 105 Å². The zero-order valence-electron chi connectivity index (χ0n) is 9.40. The Kier molecular flexibility index (Phi) is 3.66. The fourth-order valence-corrected chi connectivity index (χ4v) is 2.31. The normalized spacial score (nSPS) is 20.1. The smallest absolute Gasteiger partial charge is 0.227 e. The first-order chi connectivity index (χ1) is 8.15. The average molecular weight is 255 g/mol. The first-order valence-corrected chi connectivity index (χ1v) is 5.93. The number of carbonyl (C=O) groups is 1. The molecule has 1 heterocycles. The maximum absolute atomic E-state index is 11.9. The predicted molar refractivity (Wildman–Crippen MR) is 66.9 cm³/mol. The molecule has 1 aromatic carbocycles. The van der Waals surface area contributed by atoms with Crippen LogP contribution in [0.2, 0.25) is 5.02 Å². The summed E-state index contributed by atoms with van der Waals surface area (Å²) < 4.78 is 0. The molecule has 0 spiro atoms. The molecule has 0 radical (unpaired) electrons. The van der Waals surface area contributed by atoms with Crippen molar-refractivity contribution in [3.63, 3.8) is 0 Å². The number of halogens is 1. The largest absolute Gasteiger partial charge is 0.392 e. The molecule has 1 aromatic rings. The van der Waals surface area contributed by atoms with Gasteiger partial charge in [-0.25, -0.2) is 0 Å². The van der Waals surface area contributed by atoms with Gasteiger partial charge in [0.05, 0.1) is 6.61 Å². The van der Waals surface area contributed by atoms with E-state index >= 15 is 0 Å². The van der Waals surface area contributed by atoms with E-state index in [4.69, 9.17) is 17.3 Å². The number of nitrogens with zero attached hydrogens (tertiary/aromatic N) is 1. The maximum Gasteiger partial charge on any atom is 0.227 e. The van der Waals surface area contributed by atoms with Crippen LogP contribution >= 0.6 is 11.6 Å². The van der Waals surface area contributed by atoms with Crippen LogP contribution in [0.1, 0.15) is 12.0 Å². The van der Waals surface area contributed by atoms with Crippen molar-refractivity contribution in [1.29, 1.82) is 0 Å². The average Bonchev–Trinajstić information content (AvgIpc) is 2.70. The number of benzene rings is 1. The lowest BCUT2D eigenvalue weighted by Gasteiger charge is -2.19. The molecule has 0 aliphatic carbocycles. The summed E-state index contributed by atoms with van der Waals surface area (Å²) in [6.45, 7) is 0.987. The molecule has 1 aliphatic rings. The first-order valence-electron chi connectivity index (χ1n) is 5.55. The van der Waals surface area contributed by atoms with E-state index in [1.807, 2.05) is 0 Å². The van der Waals surface area contributed by atoms with E-state index in [2.05, 4.69) is 0 Å². The number of rotatable bonds is 3. The summed E-state index contributed by atoms with van der Waals surface area (Å²) in [5, 5.41) is 9.85. The fourth-order valence-electron chi connectivity index (χ4n) is 2.12. The Morgan fingerprint density at radius 2 is 2.29 bits per heavy atom. The van der Waals surface area contributed by atoms with Crippen molar-refractivity contribution < 1.29 is 9.90 Å². The number of carbonyl (C=O) groups excluding carboxylic acids is 1. The first kappa shape index (κ1) is 12.4. The zero-order chi connectivity index (χ0) is 12.4. The van der Waals surface area contributed by atoms with Gasteiger partial charge in [-0.15, -0.1) is 0 Å². The third-order valence-corrected chi connectivity index (χ3v) is 3.28. The number of anilines is 1. The molecule has 1 fully saturated rings. The van der Waals surface area contributed by atoms with Gasteiger partial charge in [0.25, 0.3) is 0 Å². The number of hydrogen-bond acceptors (Lipinski definition) is 3. The molecule has 5 heteroatoms. The predicted octanol–water partition coefficient (Wildman–Crippen LogP) is 1.14. The fraction of sp³-hybridized carbons (Fsp3) is 0.417. The van der Waals surface area contributed by atoms with Crippen molar-refractivity contribution in [2.75, 3.05) is 18.0 Å². The SMILES string of the molecule is NCC1CC(=O)N(c2ccc(Cl)cc2CO)C1. The summed E-state index contributed by atoms with van der Waals surface area (Å²) >= 11 is 5.86. The Hall–Kier alpha value is -1.10. The van der Waals surface area contributed by atoms with E-state index in [1.165, 1.54) is 0 Å². The summed E-state index contributed by atoms with van der Waals surface area (Å²) in [5.74, 6) is 0.252. The van der Waals surface area contributed by atoms with Crippen LogP contribution in [0.3, 0.4) is 0 Å². The molecular weight excluding hydrogens is 240 g/mol. The van der Waals surface area contributed by atoms with Crippen LogP contribution in [-0.4, -0.2) is 24.1 Å². The van der Waals surface area contributed by atoms with Crippen LogP contribution in [0.5, 0.6) is 0 Å². The number of amides is 1. The molecule has 1 unspecified atom stereocenters. The molecule has 92 valence electrons. The maximum atomic E-state index is 11.9. The van der Waals surface area contributed by atoms with Gasteiger partial charge >= 0.3 is 0 Å². The van der Waals surface area contributed by atoms with E-state index in [0.717, 1.165) is 5.69 Å². The third-order valence-electron chi connectivity index (χ3n) is 3.04. The summed E-state index contributed by atoms with van der Waals surface area (Å²) in [5.41, 5.74) is 6.99. The molecule has 0 saturated carbocycles. The van der Waals surface area contributed by atoms with Crippen LogP contribution in [0, 0.1) is 5.92 Å². The van der Waals surface area contributed by atoms with Crippen molar-refractivity contribution in [2.45, 2.75) is 13.0 Å². The lowest BCUT2D eigenvalue weighted by atomic mass is 10.1. The summed E-state index contributed by atoms with van der Waals surface area (Å²) in [4.78, 5) is 13.5. The van der Waals surface area contributed by atoms with Gasteiger partial charge in [0.1, 0.15) is 0 Å². The van der Waals surface area contributed by atoms with Crippen LogP contribution in [0.25, 0.3) is 0 Å². The van der Waals surface area contributed by atoms with Gasteiger partial charge in [0.2, 0.25) is 5.91 Å². The second kappa shape index (κ2) is 5.04. The van der Waals surface area contributed by atoms with E-state index < -0.39 is 0 Å². The Morgan fingerprint density at radius 3 is 2.88 bits per heavy atom. The minimum Gasteiger partial charge on any atom is -0.392 e. The minimum absolute atomic E-state index is 0.0532. The molecule has 0 bridgehead atoms. The van der Waals surface area contributed by atoms with E-state index in [-0.39, 0.29) is 18.4 Å². The zero-order valence-corrected chi connectivity index (χ0v) is 10.2. The minimum atomic E-state index is -0.132. The molecule has 0 aromatic heterocycles. The quantitative estimate of drug-likeness (QED) is 0.850. The summed E-state index contributed by atoms with van der Waals surface area (Å²) in [6.07, 6.45) is 0.476. The van der Waals surface area contributed by atoms with Crippen molar-refractivity contribution in [3.8, 4) is 0 Å². The highest BCUT2D eigenvalue weighted by Gasteiger charge is 2.30.